The summed E-state index contributed by atoms with van der Waals surface area (Å²) in [5.74, 6) is 0.990. The highest BCUT2D eigenvalue weighted by atomic mass is 32.2. The van der Waals surface area contributed by atoms with E-state index in [0.717, 1.165) is 36.5 Å². The van der Waals surface area contributed by atoms with Crippen LogP contribution in [0, 0.1) is 16.0 Å². The number of morpholine rings is 1. The van der Waals surface area contributed by atoms with Gasteiger partial charge in [0.05, 0.1) is 23.0 Å². The minimum absolute atomic E-state index is 0.0250. The number of amides is 1. The van der Waals surface area contributed by atoms with Crippen LogP contribution >= 0.6 is 11.8 Å². The molecule has 3 rings (SSSR count). The van der Waals surface area contributed by atoms with Crippen LogP contribution < -0.4 is 5.32 Å². The van der Waals surface area contributed by atoms with Crippen molar-refractivity contribution in [1.82, 2.24) is 4.90 Å². The lowest BCUT2D eigenvalue weighted by Gasteiger charge is -2.27. The van der Waals surface area contributed by atoms with Gasteiger partial charge in [0.25, 0.3) is 11.6 Å². The maximum absolute atomic E-state index is 12.9. The molecule has 1 heterocycles. The Kier molecular flexibility index (Phi) is 8.45. The van der Waals surface area contributed by atoms with E-state index in [1.54, 1.807) is 12.1 Å². The lowest BCUT2D eigenvalue weighted by atomic mass is 10.1. The van der Waals surface area contributed by atoms with Crippen molar-refractivity contribution >= 4 is 29.0 Å². The molecular formula is C23H29N3O4S. The van der Waals surface area contributed by atoms with Crippen molar-refractivity contribution in [3.8, 4) is 0 Å². The standard InChI is InChI=1S/C23H29N3O4S/c1-17(2)9-14-31-22-8-7-18(15-21(22)26(28)29)23(27)24-20-6-4-3-5-19(20)16-25-10-12-30-13-11-25/h3-8,15,17H,9-14,16H2,1-2H3,(H,24,27). The molecule has 0 atom stereocenters. The second-order valence-electron chi connectivity index (χ2n) is 7.97. The largest absolute Gasteiger partial charge is 0.379 e. The van der Waals surface area contributed by atoms with E-state index in [-0.39, 0.29) is 17.2 Å². The lowest BCUT2D eigenvalue weighted by molar-refractivity contribution is -0.387. The third-order valence-corrected chi connectivity index (χ3v) is 6.23. The zero-order valence-corrected chi connectivity index (χ0v) is 18.8. The molecular weight excluding hydrogens is 414 g/mol. The minimum Gasteiger partial charge on any atom is -0.379 e. The van der Waals surface area contributed by atoms with Crippen molar-refractivity contribution in [2.45, 2.75) is 31.7 Å². The van der Waals surface area contributed by atoms with Crippen LogP contribution in [-0.2, 0) is 11.3 Å². The van der Waals surface area contributed by atoms with Crippen LogP contribution in [0.4, 0.5) is 11.4 Å². The van der Waals surface area contributed by atoms with E-state index in [9.17, 15) is 14.9 Å². The Morgan fingerprint density at radius 3 is 2.68 bits per heavy atom. The van der Waals surface area contributed by atoms with Gasteiger partial charge in [0.15, 0.2) is 0 Å². The van der Waals surface area contributed by atoms with Gasteiger partial charge in [0, 0.05) is 37.0 Å². The molecule has 0 radical (unpaired) electrons. The molecule has 0 spiro atoms. The van der Waals surface area contributed by atoms with Gasteiger partial charge in [-0.2, -0.15) is 0 Å². The highest BCUT2D eigenvalue weighted by Gasteiger charge is 2.19. The molecule has 0 aliphatic carbocycles. The number of benzene rings is 2. The molecule has 0 unspecified atom stereocenters. The third-order valence-electron chi connectivity index (χ3n) is 5.13. The topological polar surface area (TPSA) is 84.7 Å². The number of nitro groups is 1. The molecule has 1 N–H and O–H groups in total. The van der Waals surface area contributed by atoms with Gasteiger partial charge in [0.1, 0.15) is 0 Å². The van der Waals surface area contributed by atoms with E-state index in [1.165, 1.54) is 17.8 Å². The number of hydrogen-bond donors (Lipinski definition) is 1. The summed E-state index contributed by atoms with van der Waals surface area (Å²) in [7, 11) is 0. The fraction of sp³-hybridized carbons (Fsp3) is 0.435. The molecule has 0 saturated carbocycles. The van der Waals surface area contributed by atoms with E-state index >= 15 is 0 Å². The monoisotopic (exact) mass is 443 g/mol. The number of nitrogens with zero attached hydrogens (tertiary/aromatic N) is 2. The van der Waals surface area contributed by atoms with E-state index in [2.05, 4.69) is 24.1 Å². The number of carbonyl (C=O) groups excluding carboxylic acids is 1. The number of thioether (sulfide) groups is 1. The van der Waals surface area contributed by atoms with E-state index in [4.69, 9.17) is 4.74 Å². The Morgan fingerprint density at radius 1 is 1.23 bits per heavy atom. The predicted octanol–water partition coefficient (Wildman–Crippen LogP) is 4.82. The van der Waals surface area contributed by atoms with Crippen molar-refractivity contribution in [1.29, 1.82) is 0 Å². The van der Waals surface area contributed by atoms with Gasteiger partial charge in [-0.1, -0.05) is 32.0 Å². The maximum Gasteiger partial charge on any atom is 0.283 e. The first-order valence-electron chi connectivity index (χ1n) is 10.5. The van der Waals surface area contributed by atoms with E-state index in [0.29, 0.717) is 30.6 Å². The number of carbonyl (C=O) groups is 1. The van der Waals surface area contributed by atoms with Crippen LogP contribution in [0.2, 0.25) is 0 Å². The van der Waals surface area contributed by atoms with Crippen LogP contribution in [-0.4, -0.2) is 47.8 Å². The van der Waals surface area contributed by atoms with Crippen LogP contribution in [0.5, 0.6) is 0 Å². The Balaban J connectivity index is 1.73. The van der Waals surface area contributed by atoms with Gasteiger partial charge < -0.3 is 10.1 Å². The van der Waals surface area contributed by atoms with Crippen LogP contribution in [0.3, 0.4) is 0 Å². The molecule has 2 aromatic rings. The normalized spacial score (nSPS) is 14.5. The molecule has 1 aliphatic heterocycles. The van der Waals surface area contributed by atoms with Gasteiger partial charge >= 0.3 is 0 Å². The van der Waals surface area contributed by atoms with Crippen LogP contribution in [0.25, 0.3) is 0 Å². The average Bonchev–Trinajstić information content (AvgIpc) is 2.75. The second kappa shape index (κ2) is 11.3. The quantitative estimate of drug-likeness (QED) is 0.340. The van der Waals surface area contributed by atoms with Gasteiger partial charge in [-0.05, 0) is 41.9 Å². The molecule has 8 heteroatoms. The minimum atomic E-state index is -0.416. The first kappa shape index (κ1) is 23.2. The molecule has 1 aliphatic rings. The number of nitrogens with one attached hydrogen (secondary N) is 1. The summed E-state index contributed by atoms with van der Waals surface area (Å²) in [6, 6.07) is 12.4. The zero-order chi connectivity index (χ0) is 22.2. The Hall–Kier alpha value is -2.42. The Morgan fingerprint density at radius 2 is 1.97 bits per heavy atom. The van der Waals surface area contributed by atoms with E-state index in [1.807, 2.05) is 24.3 Å². The number of rotatable bonds is 9. The summed E-state index contributed by atoms with van der Waals surface area (Å²) in [6.07, 6.45) is 0.976. The summed E-state index contributed by atoms with van der Waals surface area (Å²) in [5, 5.41) is 14.5. The molecule has 31 heavy (non-hydrogen) atoms. The van der Waals surface area contributed by atoms with Crippen LogP contribution in [0.15, 0.2) is 47.4 Å². The highest BCUT2D eigenvalue weighted by molar-refractivity contribution is 7.99. The molecule has 7 nitrogen and oxygen atoms in total. The summed E-state index contributed by atoms with van der Waals surface area (Å²) < 4.78 is 5.40. The molecule has 2 aromatic carbocycles. The molecule has 1 fully saturated rings. The summed E-state index contributed by atoms with van der Waals surface area (Å²) in [4.78, 5) is 26.9. The first-order chi connectivity index (χ1) is 14.9. The summed E-state index contributed by atoms with van der Waals surface area (Å²) >= 11 is 1.46. The lowest BCUT2D eigenvalue weighted by Crippen LogP contribution is -2.35. The Labute approximate surface area is 187 Å². The Bertz CT molecular complexity index is 913. The highest BCUT2D eigenvalue weighted by Crippen LogP contribution is 2.31. The number of nitro benzene ring substituents is 1. The number of ether oxygens (including phenoxy) is 1. The van der Waals surface area contributed by atoms with Crippen molar-refractivity contribution in [3.05, 3.63) is 63.7 Å². The number of hydrogen-bond acceptors (Lipinski definition) is 6. The van der Waals surface area contributed by atoms with Gasteiger partial charge in [-0.3, -0.25) is 19.8 Å². The smallest absolute Gasteiger partial charge is 0.283 e. The van der Waals surface area contributed by atoms with Gasteiger partial charge in [-0.25, -0.2) is 0 Å². The first-order valence-corrected chi connectivity index (χ1v) is 11.5. The van der Waals surface area contributed by atoms with Gasteiger partial charge in [0.2, 0.25) is 0 Å². The fourth-order valence-corrected chi connectivity index (χ4v) is 4.56. The fourth-order valence-electron chi connectivity index (χ4n) is 3.30. The molecule has 1 saturated heterocycles. The summed E-state index contributed by atoms with van der Waals surface area (Å²) in [5.41, 5.74) is 1.98. The van der Waals surface area contributed by atoms with E-state index < -0.39 is 4.92 Å². The van der Waals surface area contributed by atoms with Crippen molar-refractivity contribution in [2.24, 2.45) is 5.92 Å². The number of para-hydroxylation sites is 1. The molecule has 0 bridgehead atoms. The molecule has 0 aromatic heterocycles. The zero-order valence-electron chi connectivity index (χ0n) is 18.0. The summed E-state index contributed by atoms with van der Waals surface area (Å²) in [6.45, 7) is 8.08. The number of anilines is 1. The third kappa shape index (κ3) is 6.78. The average molecular weight is 444 g/mol. The maximum atomic E-state index is 12.9. The van der Waals surface area contributed by atoms with Gasteiger partial charge in [-0.15, -0.1) is 11.8 Å². The predicted molar refractivity (Wildman–Crippen MR) is 124 cm³/mol. The molecule has 166 valence electrons. The molecule has 1 amide bonds. The van der Waals surface area contributed by atoms with Crippen LogP contribution in [0.1, 0.15) is 36.2 Å². The van der Waals surface area contributed by atoms with Crippen molar-refractivity contribution < 1.29 is 14.5 Å². The van der Waals surface area contributed by atoms with Crippen molar-refractivity contribution in [3.63, 3.8) is 0 Å². The SMILES string of the molecule is CC(C)CCSc1ccc(C(=O)Nc2ccccc2CN2CCOCC2)cc1[N+](=O)[O-]. The second-order valence-corrected chi connectivity index (χ2v) is 9.11. The van der Waals surface area contributed by atoms with Crippen molar-refractivity contribution in [2.75, 3.05) is 37.4 Å².